The average molecular weight is 275 g/mol. The lowest BCUT2D eigenvalue weighted by Crippen LogP contribution is -2.45. The minimum atomic E-state index is -0.706. The molecule has 1 fully saturated rings. The summed E-state index contributed by atoms with van der Waals surface area (Å²) in [7, 11) is 0. The lowest BCUT2D eigenvalue weighted by Gasteiger charge is -2.41. The maximum Gasteiger partial charge on any atom is 0.303 e. The summed E-state index contributed by atoms with van der Waals surface area (Å²) in [5, 5.41) is 9.21. The molecule has 0 spiro atoms. The van der Waals surface area contributed by atoms with Gasteiger partial charge in [0.2, 0.25) is 0 Å². The van der Waals surface area contributed by atoms with Crippen molar-refractivity contribution in [2.45, 2.75) is 57.4 Å². The standard InChI is InChI=1S/C17H25NO2/c18-15(10-9-14-7-3-1-4-8-14)17(13-16(19)20)11-5-2-6-12-17/h1,3-4,7-8,15H,2,5-6,9-13,18H2,(H,19,20). The number of aliphatic carboxylic acids is 1. The normalized spacial score (nSPS) is 19.4. The number of nitrogens with two attached hydrogens (primary N) is 1. The molecule has 0 amide bonds. The number of aryl methyl sites for hydroxylation is 1. The van der Waals surface area contributed by atoms with Crippen molar-refractivity contribution in [2.24, 2.45) is 11.1 Å². The molecule has 0 aromatic heterocycles. The monoisotopic (exact) mass is 275 g/mol. The van der Waals surface area contributed by atoms with Crippen LogP contribution in [0.3, 0.4) is 0 Å². The van der Waals surface area contributed by atoms with Gasteiger partial charge < -0.3 is 10.8 Å². The third-order valence-electron chi connectivity index (χ3n) is 4.73. The van der Waals surface area contributed by atoms with Gasteiger partial charge in [-0.1, -0.05) is 49.6 Å². The van der Waals surface area contributed by atoms with Gasteiger partial charge in [0, 0.05) is 6.04 Å². The minimum absolute atomic E-state index is 0.0147. The first-order valence-electron chi connectivity index (χ1n) is 7.64. The third kappa shape index (κ3) is 3.83. The molecule has 1 aromatic rings. The lowest BCUT2D eigenvalue weighted by atomic mass is 9.66. The lowest BCUT2D eigenvalue weighted by molar-refractivity contribution is -0.141. The summed E-state index contributed by atoms with van der Waals surface area (Å²) in [5.41, 5.74) is 7.52. The van der Waals surface area contributed by atoms with Crippen LogP contribution >= 0.6 is 0 Å². The van der Waals surface area contributed by atoms with Crippen LogP contribution in [0.1, 0.15) is 50.5 Å². The highest BCUT2D eigenvalue weighted by Gasteiger charge is 2.39. The molecule has 1 aliphatic carbocycles. The van der Waals surface area contributed by atoms with Gasteiger partial charge in [-0.15, -0.1) is 0 Å². The fraction of sp³-hybridized carbons (Fsp3) is 0.588. The van der Waals surface area contributed by atoms with Gasteiger partial charge >= 0.3 is 5.97 Å². The first-order valence-corrected chi connectivity index (χ1v) is 7.64. The van der Waals surface area contributed by atoms with E-state index in [-0.39, 0.29) is 17.9 Å². The zero-order valence-corrected chi connectivity index (χ0v) is 12.1. The molecule has 1 saturated carbocycles. The molecule has 1 aromatic carbocycles. The molecule has 0 aliphatic heterocycles. The highest BCUT2D eigenvalue weighted by molar-refractivity contribution is 5.67. The van der Waals surface area contributed by atoms with E-state index < -0.39 is 5.97 Å². The number of rotatable bonds is 6. The largest absolute Gasteiger partial charge is 0.481 e. The van der Waals surface area contributed by atoms with Gasteiger partial charge in [0.1, 0.15) is 0 Å². The molecule has 3 nitrogen and oxygen atoms in total. The van der Waals surface area contributed by atoms with Crippen LogP contribution in [0.15, 0.2) is 30.3 Å². The van der Waals surface area contributed by atoms with E-state index in [0.717, 1.165) is 38.5 Å². The zero-order valence-electron chi connectivity index (χ0n) is 12.1. The molecule has 1 unspecified atom stereocenters. The van der Waals surface area contributed by atoms with Crippen LogP contribution in [-0.4, -0.2) is 17.1 Å². The van der Waals surface area contributed by atoms with Crippen molar-refractivity contribution < 1.29 is 9.90 Å². The number of benzene rings is 1. The van der Waals surface area contributed by atoms with Crippen molar-refractivity contribution in [3.8, 4) is 0 Å². The van der Waals surface area contributed by atoms with Gasteiger partial charge in [0.05, 0.1) is 6.42 Å². The van der Waals surface area contributed by atoms with E-state index in [2.05, 4.69) is 12.1 Å². The van der Waals surface area contributed by atoms with Gasteiger partial charge in [0.15, 0.2) is 0 Å². The van der Waals surface area contributed by atoms with Crippen molar-refractivity contribution in [3.63, 3.8) is 0 Å². The van der Waals surface area contributed by atoms with Crippen LogP contribution in [-0.2, 0) is 11.2 Å². The first kappa shape index (κ1) is 15.0. The quantitative estimate of drug-likeness (QED) is 0.836. The molecule has 110 valence electrons. The Morgan fingerprint density at radius 1 is 1.20 bits per heavy atom. The van der Waals surface area contributed by atoms with E-state index in [1.165, 1.54) is 12.0 Å². The molecule has 0 bridgehead atoms. The van der Waals surface area contributed by atoms with Crippen molar-refractivity contribution in [2.75, 3.05) is 0 Å². The smallest absolute Gasteiger partial charge is 0.303 e. The number of hydrogen-bond donors (Lipinski definition) is 2. The second kappa shape index (κ2) is 6.89. The molecular weight excluding hydrogens is 250 g/mol. The summed E-state index contributed by atoms with van der Waals surface area (Å²) < 4.78 is 0. The molecular formula is C17H25NO2. The molecule has 2 rings (SSSR count). The summed E-state index contributed by atoms with van der Waals surface area (Å²) >= 11 is 0. The van der Waals surface area contributed by atoms with Crippen molar-refractivity contribution in [1.82, 2.24) is 0 Å². The Kier molecular flexibility index (Phi) is 5.18. The van der Waals surface area contributed by atoms with Crippen LogP contribution in [0.5, 0.6) is 0 Å². The fourth-order valence-electron chi connectivity index (χ4n) is 3.51. The van der Waals surface area contributed by atoms with Crippen LogP contribution in [0, 0.1) is 5.41 Å². The van der Waals surface area contributed by atoms with E-state index in [1.54, 1.807) is 0 Å². The maximum atomic E-state index is 11.2. The second-order valence-corrected chi connectivity index (χ2v) is 6.12. The Labute approximate surface area is 121 Å². The molecule has 0 saturated heterocycles. The number of carbonyl (C=O) groups is 1. The topological polar surface area (TPSA) is 63.3 Å². The molecule has 0 radical (unpaired) electrons. The second-order valence-electron chi connectivity index (χ2n) is 6.12. The number of hydrogen-bond acceptors (Lipinski definition) is 2. The Bertz CT molecular complexity index is 424. The molecule has 20 heavy (non-hydrogen) atoms. The highest BCUT2D eigenvalue weighted by Crippen LogP contribution is 2.42. The minimum Gasteiger partial charge on any atom is -0.481 e. The summed E-state index contributed by atoms with van der Waals surface area (Å²) in [6.07, 6.45) is 7.42. The van der Waals surface area contributed by atoms with Crippen molar-refractivity contribution >= 4 is 5.97 Å². The zero-order chi connectivity index (χ0) is 14.4. The molecule has 1 atom stereocenters. The Hall–Kier alpha value is -1.35. The van der Waals surface area contributed by atoms with Crippen molar-refractivity contribution in [3.05, 3.63) is 35.9 Å². The van der Waals surface area contributed by atoms with Crippen LogP contribution in [0.2, 0.25) is 0 Å². The van der Waals surface area contributed by atoms with E-state index in [1.807, 2.05) is 18.2 Å². The third-order valence-corrected chi connectivity index (χ3v) is 4.73. The van der Waals surface area contributed by atoms with E-state index >= 15 is 0 Å². The van der Waals surface area contributed by atoms with Crippen LogP contribution in [0.25, 0.3) is 0 Å². The van der Waals surface area contributed by atoms with E-state index in [4.69, 9.17) is 5.73 Å². The van der Waals surface area contributed by atoms with E-state index in [0.29, 0.717) is 0 Å². The van der Waals surface area contributed by atoms with Gasteiger partial charge in [0.25, 0.3) is 0 Å². The fourth-order valence-corrected chi connectivity index (χ4v) is 3.51. The molecule has 3 heteroatoms. The summed E-state index contributed by atoms with van der Waals surface area (Å²) in [6, 6.07) is 10.3. The molecule has 1 aliphatic rings. The predicted octanol–water partition coefficient (Wildman–Crippen LogP) is 3.37. The van der Waals surface area contributed by atoms with Crippen LogP contribution in [0.4, 0.5) is 0 Å². The maximum absolute atomic E-state index is 11.2. The Morgan fingerprint density at radius 2 is 1.85 bits per heavy atom. The summed E-state index contributed by atoms with van der Waals surface area (Å²) in [4.78, 5) is 11.2. The van der Waals surface area contributed by atoms with Gasteiger partial charge in [-0.25, -0.2) is 0 Å². The van der Waals surface area contributed by atoms with E-state index in [9.17, 15) is 9.90 Å². The van der Waals surface area contributed by atoms with Crippen LogP contribution < -0.4 is 5.73 Å². The van der Waals surface area contributed by atoms with Crippen molar-refractivity contribution in [1.29, 1.82) is 0 Å². The Balaban J connectivity index is 1.99. The number of carboxylic acids is 1. The Morgan fingerprint density at radius 3 is 2.45 bits per heavy atom. The predicted molar refractivity (Wildman–Crippen MR) is 80.5 cm³/mol. The molecule has 0 heterocycles. The summed E-state index contributed by atoms with van der Waals surface area (Å²) in [5.74, 6) is -0.706. The molecule has 3 N–H and O–H groups in total. The number of carboxylic acid groups (broad SMARTS) is 1. The first-order chi connectivity index (χ1) is 9.62. The summed E-state index contributed by atoms with van der Waals surface area (Å²) in [6.45, 7) is 0. The van der Waals surface area contributed by atoms with Gasteiger partial charge in [-0.05, 0) is 36.7 Å². The average Bonchev–Trinajstić information content (AvgIpc) is 2.46. The highest BCUT2D eigenvalue weighted by atomic mass is 16.4. The van der Waals surface area contributed by atoms with Gasteiger partial charge in [-0.2, -0.15) is 0 Å². The van der Waals surface area contributed by atoms with Gasteiger partial charge in [-0.3, -0.25) is 4.79 Å². The SMILES string of the molecule is NC(CCc1ccccc1)C1(CC(=O)O)CCCCC1.